The molecule has 0 aliphatic carbocycles. The Morgan fingerprint density at radius 2 is 1.22 bits per heavy atom. The van der Waals surface area contributed by atoms with E-state index in [9.17, 15) is 0 Å². The van der Waals surface area contributed by atoms with Crippen LogP contribution < -0.4 is 5.32 Å². The van der Waals surface area contributed by atoms with Crippen molar-refractivity contribution in [1.29, 1.82) is 0 Å². The van der Waals surface area contributed by atoms with Gasteiger partial charge in [-0.2, -0.15) is 0 Å². The van der Waals surface area contributed by atoms with Crippen molar-refractivity contribution in [3.05, 3.63) is 0 Å². The van der Waals surface area contributed by atoms with Crippen LogP contribution in [0.25, 0.3) is 0 Å². The molecule has 27 heavy (non-hydrogen) atoms. The molecule has 0 bridgehead atoms. The van der Waals surface area contributed by atoms with Gasteiger partial charge in [0, 0.05) is 5.54 Å². The zero-order chi connectivity index (χ0) is 21.3. The molecule has 162 valence electrons. The Morgan fingerprint density at radius 1 is 0.741 bits per heavy atom. The summed E-state index contributed by atoms with van der Waals surface area (Å²) in [5.74, 6) is 0. The molecule has 1 saturated heterocycles. The van der Waals surface area contributed by atoms with E-state index >= 15 is 0 Å². The molecule has 0 radical (unpaired) electrons. The van der Waals surface area contributed by atoms with Crippen molar-refractivity contribution in [1.82, 2.24) is 5.32 Å². The largest absolute Gasteiger partial charge is 0.373 e. The van der Waals surface area contributed by atoms with Gasteiger partial charge in [-0.05, 0) is 83.1 Å². The maximum absolute atomic E-state index is 6.53. The van der Waals surface area contributed by atoms with E-state index < -0.39 is 0 Å². The highest BCUT2D eigenvalue weighted by molar-refractivity contribution is 4.97. The van der Waals surface area contributed by atoms with Gasteiger partial charge in [0.2, 0.25) is 0 Å². The first-order valence-electron chi connectivity index (χ1n) is 10.3. The average molecular weight is 388 g/mol. The van der Waals surface area contributed by atoms with E-state index in [1.807, 2.05) is 0 Å². The van der Waals surface area contributed by atoms with Crippen molar-refractivity contribution in [2.45, 2.75) is 130 Å². The van der Waals surface area contributed by atoms with Gasteiger partial charge in [0.15, 0.2) is 0 Å². The van der Waals surface area contributed by atoms with Crippen molar-refractivity contribution in [2.75, 3.05) is 13.2 Å². The third kappa shape index (κ3) is 10.2. The van der Waals surface area contributed by atoms with Crippen molar-refractivity contribution in [2.24, 2.45) is 0 Å². The van der Waals surface area contributed by atoms with Crippen LogP contribution in [0.3, 0.4) is 0 Å². The van der Waals surface area contributed by atoms with E-state index in [1.165, 1.54) is 0 Å². The Balaban J connectivity index is 3.14. The van der Waals surface area contributed by atoms with Gasteiger partial charge in [-0.1, -0.05) is 0 Å². The Morgan fingerprint density at radius 3 is 1.63 bits per heavy atom. The van der Waals surface area contributed by atoms with Gasteiger partial charge >= 0.3 is 0 Å². The highest BCUT2D eigenvalue weighted by Gasteiger charge is 2.46. The second-order valence-corrected chi connectivity index (χ2v) is 11.7. The monoisotopic (exact) mass is 387 g/mol. The molecule has 1 aliphatic heterocycles. The molecule has 1 N–H and O–H groups in total. The molecule has 5 nitrogen and oxygen atoms in total. The lowest BCUT2D eigenvalue weighted by Gasteiger charge is -2.48. The Bertz CT molecular complexity index is 451. The molecule has 4 atom stereocenters. The topological polar surface area (TPSA) is 49.0 Å². The van der Waals surface area contributed by atoms with E-state index in [4.69, 9.17) is 18.9 Å². The van der Waals surface area contributed by atoms with E-state index in [2.05, 4.69) is 88.4 Å². The Hall–Kier alpha value is -0.200. The SMILES string of the molecule is CC(C)(C)NC1COC(COC(C)(C)C)C(OC(C)(C)C)C1OC(C)(C)C. The average Bonchev–Trinajstić information content (AvgIpc) is 2.36. The summed E-state index contributed by atoms with van der Waals surface area (Å²) in [5, 5.41) is 3.67. The van der Waals surface area contributed by atoms with Crippen LogP contribution in [-0.2, 0) is 18.9 Å². The summed E-state index contributed by atoms with van der Waals surface area (Å²) in [6.07, 6.45) is -0.528. The van der Waals surface area contributed by atoms with Gasteiger partial charge in [0.25, 0.3) is 0 Å². The number of hydrogen-bond donors (Lipinski definition) is 1. The lowest BCUT2D eigenvalue weighted by molar-refractivity contribution is -0.251. The maximum Gasteiger partial charge on any atom is 0.114 e. The molecule has 0 aromatic carbocycles. The van der Waals surface area contributed by atoms with Crippen LogP contribution in [0.15, 0.2) is 0 Å². The van der Waals surface area contributed by atoms with Crippen LogP contribution in [0, 0.1) is 0 Å². The van der Waals surface area contributed by atoms with Gasteiger partial charge in [0.05, 0.1) is 36.1 Å². The summed E-state index contributed by atoms with van der Waals surface area (Å²) in [7, 11) is 0. The number of hydrogen-bond acceptors (Lipinski definition) is 5. The minimum atomic E-state index is -0.308. The molecule has 0 spiro atoms. The predicted octanol–water partition coefficient (Wildman–Crippen LogP) is 4.32. The summed E-state index contributed by atoms with van der Waals surface area (Å²) >= 11 is 0. The Kier molecular flexibility index (Phi) is 7.97. The molecule has 4 unspecified atom stereocenters. The van der Waals surface area contributed by atoms with Crippen molar-refractivity contribution in [3.63, 3.8) is 0 Å². The molecular formula is C22H45NO4. The first-order valence-corrected chi connectivity index (χ1v) is 10.3. The van der Waals surface area contributed by atoms with E-state index in [-0.39, 0.29) is 46.7 Å². The smallest absolute Gasteiger partial charge is 0.114 e. The molecule has 5 heteroatoms. The van der Waals surface area contributed by atoms with Crippen molar-refractivity contribution >= 4 is 0 Å². The second-order valence-electron chi connectivity index (χ2n) is 11.7. The molecule has 1 aliphatic rings. The zero-order valence-corrected chi connectivity index (χ0v) is 19.9. The molecule has 0 aromatic rings. The molecule has 1 rings (SSSR count). The lowest BCUT2D eigenvalue weighted by Crippen LogP contribution is -2.65. The Labute approximate surface area is 167 Å². The quantitative estimate of drug-likeness (QED) is 0.761. The van der Waals surface area contributed by atoms with Gasteiger partial charge in [-0.3, -0.25) is 0 Å². The summed E-state index contributed by atoms with van der Waals surface area (Å²) < 4.78 is 25.3. The van der Waals surface area contributed by atoms with Gasteiger partial charge in [-0.15, -0.1) is 0 Å². The summed E-state index contributed by atoms with van der Waals surface area (Å²) in [5.41, 5.74) is -0.864. The third-order valence-electron chi connectivity index (χ3n) is 3.85. The van der Waals surface area contributed by atoms with Crippen LogP contribution in [0.4, 0.5) is 0 Å². The predicted molar refractivity (Wildman–Crippen MR) is 111 cm³/mol. The van der Waals surface area contributed by atoms with Crippen molar-refractivity contribution < 1.29 is 18.9 Å². The van der Waals surface area contributed by atoms with Crippen LogP contribution in [0.5, 0.6) is 0 Å². The van der Waals surface area contributed by atoms with Crippen LogP contribution in [-0.4, -0.2) is 59.9 Å². The molecule has 0 amide bonds. The number of ether oxygens (including phenoxy) is 4. The standard InChI is InChI=1S/C22H45NO4/c1-19(2,3)23-15-13-24-16(14-25-20(4,5)6)18(27-22(10,11)12)17(15)26-21(7,8)9/h15-18,23H,13-14H2,1-12H3. The minimum Gasteiger partial charge on any atom is -0.373 e. The minimum absolute atomic E-state index is 0.0439. The normalized spacial score (nSPS) is 28.4. The van der Waals surface area contributed by atoms with E-state index in [0.717, 1.165) is 0 Å². The summed E-state index contributed by atoms with van der Waals surface area (Å²) in [6, 6.07) is 0.0439. The van der Waals surface area contributed by atoms with Crippen LogP contribution in [0.1, 0.15) is 83.1 Å². The fourth-order valence-electron chi connectivity index (χ4n) is 3.12. The fraction of sp³-hybridized carbons (Fsp3) is 1.00. The first-order chi connectivity index (χ1) is 11.9. The van der Waals surface area contributed by atoms with Gasteiger partial charge in [-0.25, -0.2) is 0 Å². The lowest BCUT2D eigenvalue weighted by atomic mass is 9.93. The molecule has 1 heterocycles. The fourth-order valence-corrected chi connectivity index (χ4v) is 3.12. The van der Waals surface area contributed by atoms with Gasteiger partial charge < -0.3 is 24.3 Å². The van der Waals surface area contributed by atoms with Crippen LogP contribution >= 0.6 is 0 Å². The highest BCUT2D eigenvalue weighted by atomic mass is 16.6. The molecule has 1 fully saturated rings. The first kappa shape index (κ1) is 24.8. The van der Waals surface area contributed by atoms with Gasteiger partial charge in [0.1, 0.15) is 18.3 Å². The molecule has 0 saturated carbocycles. The number of nitrogens with one attached hydrogen (secondary N) is 1. The summed E-state index contributed by atoms with van der Waals surface area (Å²) in [4.78, 5) is 0. The third-order valence-corrected chi connectivity index (χ3v) is 3.85. The number of rotatable bonds is 5. The zero-order valence-electron chi connectivity index (χ0n) is 19.9. The molecule has 0 aromatic heterocycles. The van der Waals surface area contributed by atoms with Crippen molar-refractivity contribution in [3.8, 4) is 0 Å². The van der Waals surface area contributed by atoms with E-state index in [0.29, 0.717) is 13.2 Å². The van der Waals surface area contributed by atoms with Crippen LogP contribution in [0.2, 0.25) is 0 Å². The second kappa shape index (κ2) is 8.66. The summed E-state index contributed by atoms with van der Waals surface area (Å²) in [6.45, 7) is 26.2. The highest BCUT2D eigenvalue weighted by Crippen LogP contribution is 2.30. The molecular weight excluding hydrogens is 342 g/mol. The maximum atomic E-state index is 6.53. The van der Waals surface area contributed by atoms with E-state index in [1.54, 1.807) is 0 Å².